The van der Waals surface area contributed by atoms with E-state index in [0.29, 0.717) is 6.42 Å². The van der Waals surface area contributed by atoms with Crippen LogP contribution in [0.3, 0.4) is 0 Å². The molecule has 1 aromatic heterocycles. The van der Waals surface area contributed by atoms with Crippen molar-refractivity contribution in [2.45, 2.75) is 26.2 Å². The summed E-state index contributed by atoms with van der Waals surface area (Å²) in [7, 11) is 0. The minimum atomic E-state index is -0.0826. The molecule has 2 aromatic rings. The molecule has 1 amide bonds. The number of hydrogen-bond donors (Lipinski definition) is 3. The first-order valence-corrected chi connectivity index (χ1v) is 6.62. The maximum atomic E-state index is 12.3. The lowest BCUT2D eigenvalue weighted by Gasteiger charge is -2.20. The molecule has 0 saturated heterocycles. The summed E-state index contributed by atoms with van der Waals surface area (Å²) in [6.07, 6.45) is 2.18. The Morgan fingerprint density at radius 1 is 1.40 bits per heavy atom. The number of hydrogen-bond acceptors (Lipinski definition) is 4. The van der Waals surface area contributed by atoms with Crippen LogP contribution in [0.1, 0.15) is 23.4 Å². The number of carbonyl (C=O) groups is 1. The van der Waals surface area contributed by atoms with Gasteiger partial charge in [-0.3, -0.25) is 4.79 Å². The summed E-state index contributed by atoms with van der Waals surface area (Å²) in [6, 6.07) is 4.92. The number of nitrogens with one attached hydrogen (secondary N) is 2. The van der Waals surface area contributed by atoms with Crippen molar-refractivity contribution >= 4 is 11.6 Å². The van der Waals surface area contributed by atoms with Crippen LogP contribution in [0.2, 0.25) is 0 Å². The Bertz CT molecular complexity index is 650. The molecule has 6 heteroatoms. The lowest BCUT2D eigenvalue weighted by molar-refractivity contribution is -0.120. The SMILES string of the molecule is Cc1cc(O)ccc1NC(=O)C1CCc2n[nH]nc2C1. The number of aryl methyl sites for hydroxylation is 2. The van der Waals surface area contributed by atoms with Gasteiger partial charge in [-0.15, -0.1) is 0 Å². The van der Waals surface area contributed by atoms with Crippen LogP contribution < -0.4 is 5.32 Å². The van der Waals surface area contributed by atoms with Crippen molar-refractivity contribution in [2.75, 3.05) is 5.32 Å². The summed E-state index contributed by atoms with van der Waals surface area (Å²) in [6.45, 7) is 1.85. The number of phenolic OH excluding ortho intramolecular Hbond substituents is 1. The summed E-state index contributed by atoms with van der Waals surface area (Å²) in [5, 5.41) is 23.0. The smallest absolute Gasteiger partial charge is 0.227 e. The molecule has 3 N–H and O–H groups in total. The lowest BCUT2D eigenvalue weighted by Crippen LogP contribution is -2.28. The lowest BCUT2D eigenvalue weighted by atomic mass is 9.89. The van der Waals surface area contributed by atoms with Crippen LogP contribution in [-0.2, 0) is 17.6 Å². The van der Waals surface area contributed by atoms with Crippen molar-refractivity contribution in [1.82, 2.24) is 15.4 Å². The molecule has 20 heavy (non-hydrogen) atoms. The number of anilines is 1. The molecule has 1 aliphatic rings. The highest BCUT2D eigenvalue weighted by molar-refractivity contribution is 5.93. The van der Waals surface area contributed by atoms with Gasteiger partial charge < -0.3 is 10.4 Å². The first-order valence-electron chi connectivity index (χ1n) is 6.62. The zero-order valence-corrected chi connectivity index (χ0v) is 11.2. The van der Waals surface area contributed by atoms with E-state index in [9.17, 15) is 9.90 Å². The summed E-state index contributed by atoms with van der Waals surface area (Å²) < 4.78 is 0. The molecule has 1 aliphatic carbocycles. The van der Waals surface area contributed by atoms with Gasteiger partial charge in [0.15, 0.2) is 0 Å². The van der Waals surface area contributed by atoms with E-state index >= 15 is 0 Å². The number of rotatable bonds is 2. The Morgan fingerprint density at radius 3 is 3.00 bits per heavy atom. The zero-order chi connectivity index (χ0) is 14.1. The van der Waals surface area contributed by atoms with Crippen molar-refractivity contribution < 1.29 is 9.90 Å². The average molecular weight is 272 g/mol. The van der Waals surface area contributed by atoms with E-state index in [1.165, 1.54) is 0 Å². The minimum Gasteiger partial charge on any atom is -0.508 e. The second-order valence-corrected chi connectivity index (χ2v) is 5.15. The van der Waals surface area contributed by atoms with E-state index in [1.54, 1.807) is 18.2 Å². The van der Waals surface area contributed by atoms with Crippen LogP contribution in [0.4, 0.5) is 5.69 Å². The first kappa shape index (κ1) is 12.7. The van der Waals surface area contributed by atoms with Gasteiger partial charge in [0.05, 0.1) is 11.4 Å². The van der Waals surface area contributed by atoms with E-state index in [2.05, 4.69) is 20.7 Å². The number of amides is 1. The molecule has 1 aromatic carbocycles. The number of benzene rings is 1. The van der Waals surface area contributed by atoms with Gasteiger partial charge in [0.2, 0.25) is 5.91 Å². The Labute approximate surface area is 116 Å². The fourth-order valence-corrected chi connectivity index (χ4v) is 2.53. The third-order valence-electron chi connectivity index (χ3n) is 3.71. The van der Waals surface area contributed by atoms with Crippen LogP contribution >= 0.6 is 0 Å². The zero-order valence-electron chi connectivity index (χ0n) is 11.2. The molecule has 1 heterocycles. The Hall–Kier alpha value is -2.37. The molecule has 0 fully saturated rings. The number of phenols is 1. The minimum absolute atomic E-state index is 0.00700. The molecule has 0 bridgehead atoms. The van der Waals surface area contributed by atoms with Crippen LogP contribution in [-0.4, -0.2) is 26.4 Å². The summed E-state index contributed by atoms with van der Waals surface area (Å²) in [5.41, 5.74) is 3.43. The fraction of sp³-hybridized carbons (Fsp3) is 0.357. The van der Waals surface area contributed by atoms with E-state index in [0.717, 1.165) is 35.5 Å². The van der Waals surface area contributed by atoms with Crippen molar-refractivity contribution in [3.8, 4) is 5.75 Å². The number of carbonyl (C=O) groups excluding carboxylic acids is 1. The highest BCUT2D eigenvalue weighted by Crippen LogP contribution is 2.25. The third-order valence-corrected chi connectivity index (χ3v) is 3.71. The normalized spacial score (nSPS) is 17.6. The number of aromatic hydroxyl groups is 1. The number of aromatic nitrogens is 3. The summed E-state index contributed by atoms with van der Waals surface area (Å²) >= 11 is 0. The van der Waals surface area contributed by atoms with Gasteiger partial charge in [0, 0.05) is 18.0 Å². The largest absolute Gasteiger partial charge is 0.508 e. The van der Waals surface area contributed by atoms with Crippen LogP contribution in [0.25, 0.3) is 0 Å². The summed E-state index contributed by atoms with van der Waals surface area (Å²) in [4.78, 5) is 12.3. The van der Waals surface area contributed by atoms with Crippen molar-refractivity contribution in [3.63, 3.8) is 0 Å². The van der Waals surface area contributed by atoms with E-state index in [-0.39, 0.29) is 17.6 Å². The molecule has 1 atom stereocenters. The van der Waals surface area contributed by atoms with Gasteiger partial charge in [-0.05, 0) is 43.5 Å². The predicted octanol–water partition coefficient (Wildman–Crippen LogP) is 1.56. The molecule has 3 rings (SSSR count). The molecular formula is C14H16N4O2. The molecule has 0 saturated carbocycles. The molecule has 6 nitrogen and oxygen atoms in total. The summed E-state index contributed by atoms with van der Waals surface area (Å²) in [5.74, 6) is 0.110. The highest BCUT2D eigenvalue weighted by atomic mass is 16.3. The van der Waals surface area contributed by atoms with Gasteiger partial charge in [-0.2, -0.15) is 15.4 Å². The third kappa shape index (κ3) is 2.36. The first-order chi connectivity index (χ1) is 9.63. The van der Waals surface area contributed by atoms with Gasteiger partial charge in [0.25, 0.3) is 0 Å². The maximum absolute atomic E-state index is 12.3. The molecule has 0 radical (unpaired) electrons. The maximum Gasteiger partial charge on any atom is 0.227 e. The Kier molecular flexibility index (Phi) is 3.14. The molecular weight excluding hydrogens is 256 g/mol. The van der Waals surface area contributed by atoms with Crippen LogP contribution in [0.5, 0.6) is 5.75 Å². The average Bonchev–Trinajstić information content (AvgIpc) is 2.89. The molecule has 1 unspecified atom stereocenters. The number of nitrogens with zero attached hydrogens (tertiary/aromatic N) is 2. The Morgan fingerprint density at radius 2 is 2.20 bits per heavy atom. The monoisotopic (exact) mass is 272 g/mol. The van der Waals surface area contributed by atoms with Crippen molar-refractivity contribution in [1.29, 1.82) is 0 Å². The Balaban J connectivity index is 1.71. The standard InChI is InChI=1S/C14H16N4O2/c1-8-6-10(19)3-5-11(8)15-14(20)9-2-4-12-13(7-9)17-18-16-12/h3,5-6,9,19H,2,4,7H2,1H3,(H,15,20)(H,16,17,18). The van der Waals surface area contributed by atoms with Gasteiger partial charge in [0.1, 0.15) is 5.75 Å². The van der Waals surface area contributed by atoms with Gasteiger partial charge >= 0.3 is 0 Å². The van der Waals surface area contributed by atoms with E-state index in [4.69, 9.17) is 0 Å². The van der Waals surface area contributed by atoms with Crippen molar-refractivity contribution in [3.05, 3.63) is 35.2 Å². The molecule has 104 valence electrons. The number of fused-ring (bicyclic) bond motifs is 1. The van der Waals surface area contributed by atoms with E-state index in [1.807, 2.05) is 6.92 Å². The predicted molar refractivity (Wildman–Crippen MR) is 73.4 cm³/mol. The number of H-pyrrole nitrogens is 1. The quantitative estimate of drug-likeness (QED) is 0.724. The van der Waals surface area contributed by atoms with Crippen LogP contribution in [0.15, 0.2) is 18.2 Å². The van der Waals surface area contributed by atoms with Gasteiger partial charge in [-0.25, -0.2) is 0 Å². The van der Waals surface area contributed by atoms with Crippen LogP contribution in [0, 0.1) is 12.8 Å². The van der Waals surface area contributed by atoms with Gasteiger partial charge in [-0.1, -0.05) is 0 Å². The number of aromatic amines is 1. The highest BCUT2D eigenvalue weighted by Gasteiger charge is 2.27. The van der Waals surface area contributed by atoms with Crippen molar-refractivity contribution in [2.24, 2.45) is 5.92 Å². The second kappa shape index (κ2) is 4.96. The molecule has 0 aliphatic heterocycles. The fourth-order valence-electron chi connectivity index (χ4n) is 2.53. The van der Waals surface area contributed by atoms with E-state index < -0.39 is 0 Å². The topological polar surface area (TPSA) is 90.9 Å². The molecule has 0 spiro atoms. The second-order valence-electron chi connectivity index (χ2n) is 5.15.